The average molecular weight is 607 g/mol. The average Bonchev–Trinajstić information content (AvgIpc) is 2.95. The Balaban J connectivity index is 1.36. The molecule has 4 rings (SSSR count). The fourth-order valence-electron chi connectivity index (χ4n) is 4.94. The highest BCUT2D eigenvalue weighted by Gasteiger charge is 2.29. The van der Waals surface area contributed by atoms with Crippen LogP contribution in [0.2, 0.25) is 5.02 Å². The van der Waals surface area contributed by atoms with Crippen molar-refractivity contribution in [2.45, 2.75) is 25.2 Å². The minimum Gasteiger partial charge on any atom is -0.367 e. The van der Waals surface area contributed by atoms with Crippen LogP contribution in [0.4, 0.5) is 28.9 Å². The highest BCUT2D eigenvalue weighted by Crippen LogP contribution is 2.31. The van der Waals surface area contributed by atoms with Gasteiger partial charge in [0.15, 0.2) is 0 Å². The zero-order valence-corrected chi connectivity index (χ0v) is 24.4. The van der Waals surface area contributed by atoms with Crippen molar-refractivity contribution in [3.05, 3.63) is 88.5 Å². The molecule has 2 aromatic carbocycles. The Morgan fingerprint density at radius 3 is 2.50 bits per heavy atom. The van der Waals surface area contributed by atoms with E-state index in [1.54, 1.807) is 35.4 Å². The van der Waals surface area contributed by atoms with Crippen molar-refractivity contribution in [1.82, 2.24) is 20.1 Å². The molecule has 2 heterocycles. The van der Waals surface area contributed by atoms with E-state index in [-0.39, 0.29) is 18.2 Å². The van der Waals surface area contributed by atoms with E-state index in [2.05, 4.69) is 20.5 Å². The van der Waals surface area contributed by atoms with Crippen LogP contribution in [-0.4, -0.2) is 80.2 Å². The number of aromatic nitrogens is 1. The lowest BCUT2D eigenvalue weighted by Gasteiger charge is -2.37. The number of hydrogen-bond donors (Lipinski definition) is 2. The molecule has 1 atom stereocenters. The molecule has 0 saturated carbocycles. The predicted molar refractivity (Wildman–Crippen MR) is 158 cm³/mol. The Bertz CT molecular complexity index is 1330. The predicted octanol–water partition coefficient (Wildman–Crippen LogP) is 5.59. The van der Waals surface area contributed by atoms with Gasteiger partial charge in [-0.1, -0.05) is 23.7 Å². The first-order chi connectivity index (χ1) is 20.0. The number of nitrogens with zero attached hydrogens (tertiary/aromatic N) is 4. The maximum atomic E-state index is 15.1. The van der Waals surface area contributed by atoms with E-state index in [0.717, 1.165) is 5.56 Å². The monoisotopic (exact) mass is 606 g/mol. The summed E-state index contributed by atoms with van der Waals surface area (Å²) in [7, 11) is 3.97. The molecular weight excluding hydrogens is 572 g/mol. The lowest BCUT2D eigenvalue weighted by atomic mass is 10.1. The molecule has 1 aliphatic rings. The van der Waals surface area contributed by atoms with Crippen LogP contribution in [-0.2, 0) is 6.54 Å². The summed E-state index contributed by atoms with van der Waals surface area (Å²) in [4.78, 5) is 23.1. The number of carbonyl (C=O) groups is 1. The Morgan fingerprint density at radius 2 is 1.86 bits per heavy atom. The molecule has 1 fully saturated rings. The SMILES string of the molecule is CN(C)C(CNCc1ccc(C(=O)Nc2ccc(Cl)cc2N2CCN(CCC(F)(F)F)CC2)c(F)c1)c1cccnc1. The Hall–Kier alpha value is -3.25. The van der Waals surface area contributed by atoms with Crippen LogP contribution in [0, 0.1) is 5.82 Å². The Labute approximate surface area is 248 Å². The smallest absolute Gasteiger partial charge is 0.367 e. The van der Waals surface area contributed by atoms with Gasteiger partial charge in [0.25, 0.3) is 5.91 Å². The summed E-state index contributed by atoms with van der Waals surface area (Å²) >= 11 is 6.23. The van der Waals surface area contributed by atoms with Crippen LogP contribution in [0.3, 0.4) is 0 Å². The number of anilines is 2. The number of amides is 1. The highest BCUT2D eigenvalue weighted by atomic mass is 35.5. The maximum absolute atomic E-state index is 15.1. The number of hydrogen-bond acceptors (Lipinski definition) is 6. The summed E-state index contributed by atoms with van der Waals surface area (Å²) in [5.74, 6) is -1.25. The molecule has 1 saturated heterocycles. The molecule has 0 bridgehead atoms. The first-order valence-corrected chi connectivity index (χ1v) is 14.1. The lowest BCUT2D eigenvalue weighted by molar-refractivity contribution is -0.138. The minimum absolute atomic E-state index is 0.0536. The first kappa shape index (κ1) is 31.7. The number of nitrogens with one attached hydrogen (secondary N) is 2. The van der Waals surface area contributed by atoms with Gasteiger partial charge in [0.2, 0.25) is 0 Å². The van der Waals surface area contributed by atoms with Crippen molar-refractivity contribution in [2.75, 3.05) is 63.6 Å². The van der Waals surface area contributed by atoms with Crippen LogP contribution < -0.4 is 15.5 Å². The second kappa shape index (κ2) is 14.3. The number of alkyl halides is 3. The molecule has 1 aliphatic heterocycles. The van der Waals surface area contributed by atoms with Crippen molar-refractivity contribution in [2.24, 2.45) is 0 Å². The molecule has 1 aromatic heterocycles. The van der Waals surface area contributed by atoms with E-state index in [1.165, 1.54) is 12.1 Å². The minimum atomic E-state index is -4.19. The number of piperazine rings is 1. The largest absolute Gasteiger partial charge is 0.390 e. The van der Waals surface area contributed by atoms with Gasteiger partial charge in [-0.2, -0.15) is 13.2 Å². The molecule has 7 nitrogen and oxygen atoms in total. The molecule has 3 aromatic rings. The molecule has 12 heteroatoms. The van der Waals surface area contributed by atoms with Gasteiger partial charge < -0.3 is 20.4 Å². The number of carbonyl (C=O) groups excluding carboxylic acids is 1. The third kappa shape index (κ3) is 8.87. The normalized spacial score (nSPS) is 15.2. The summed E-state index contributed by atoms with van der Waals surface area (Å²) in [5.41, 5.74) is 2.75. The van der Waals surface area contributed by atoms with Gasteiger partial charge in [-0.25, -0.2) is 4.39 Å². The summed E-state index contributed by atoms with van der Waals surface area (Å²) in [6.45, 7) is 2.80. The molecule has 0 spiro atoms. The highest BCUT2D eigenvalue weighted by molar-refractivity contribution is 6.31. The van der Waals surface area contributed by atoms with Crippen molar-refractivity contribution in [1.29, 1.82) is 0 Å². The van der Waals surface area contributed by atoms with Crippen LogP contribution in [0.1, 0.15) is 33.9 Å². The van der Waals surface area contributed by atoms with Crippen LogP contribution >= 0.6 is 11.6 Å². The van der Waals surface area contributed by atoms with E-state index in [9.17, 15) is 18.0 Å². The van der Waals surface area contributed by atoms with E-state index < -0.39 is 24.3 Å². The molecule has 42 heavy (non-hydrogen) atoms. The summed E-state index contributed by atoms with van der Waals surface area (Å²) in [6, 6.07) is 13.5. The van der Waals surface area contributed by atoms with E-state index in [1.807, 2.05) is 37.3 Å². The Morgan fingerprint density at radius 1 is 1.10 bits per heavy atom. The maximum Gasteiger partial charge on any atom is 0.390 e. The van der Waals surface area contributed by atoms with Gasteiger partial charge >= 0.3 is 6.18 Å². The molecule has 0 aliphatic carbocycles. The standard InChI is InChI=1S/C30H35ClF4N6O/c1-39(2)28(22-4-3-10-36-19-22)20-37-18-21-5-7-24(25(32)16-21)29(42)38-26-8-6-23(31)17-27(26)41-14-12-40(13-15-41)11-9-30(33,34)35/h3-8,10,16-17,19,28,37H,9,11-15,18,20H2,1-2H3,(H,38,42). The van der Waals surface area contributed by atoms with Gasteiger partial charge in [-0.3, -0.25) is 14.7 Å². The molecule has 0 radical (unpaired) electrons. The summed E-state index contributed by atoms with van der Waals surface area (Å²) in [6.07, 6.45) is -1.50. The van der Waals surface area contributed by atoms with Crippen molar-refractivity contribution < 1.29 is 22.4 Å². The van der Waals surface area contributed by atoms with Gasteiger partial charge in [0.05, 0.1) is 23.4 Å². The second-order valence-corrected chi connectivity index (χ2v) is 11.0. The zero-order valence-electron chi connectivity index (χ0n) is 23.6. The zero-order chi connectivity index (χ0) is 30.3. The van der Waals surface area contributed by atoms with Crippen LogP contribution in [0.5, 0.6) is 0 Å². The third-order valence-electron chi connectivity index (χ3n) is 7.27. The number of likely N-dealkylation sites (N-methyl/N-ethyl adjacent to an activating group) is 1. The summed E-state index contributed by atoms with van der Waals surface area (Å²) in [5, 5.41) is 6.59. The van der Waals surface area contributed by atoms with Gasteiger partial charge in [-0.05, 0) is 61.6 Å². The number of pyridine rings is 1. The fourth-order valence-corrected chi connectivity index (χ4v) is 5.10. The quantitative estimate of drug-likeness (QED) is 0.278. The van der Waals surface area contributed by atoms with Crippen LogP contribution in [0.25, 0.3) is 0 Å². The second-order valence-electron chi connectivity index (χ2n) is 10.5. The van der Waals surface area contributed by atoms with E-state index in [0.29, 0.717) is 61.2 Å². The third-order valence-corrected chi connectivity index (χ3v) is 7.51. The fraction of sp³-hybridized carbons (Fsp3) is 0.400. The number of benzene rings is 2. The van der Waals surface area contributed by atoms with Gasteiger partial charge in [-0.15, -0.1) is 0 Å². The molecule has 226 valence electrons. The molecule has 1 amide bonds. The molecule has 1 unspecified atom stereocenters. The first-order valence-electron chi connectivity index (χ1n) is 13.7. The van der Waals surface area contributed by atoms with E-state index in [4.69, 9.17) is 11.6 Å². The van der Waals surface area contributed by atoms with Gasteiger partial charge in [0, 0.05) is 69.3 Å². The molecule has 2 N–H and O–H groups in total. The lowest BCUT2D eigenvalue weighted by Crippen LogP contribution is -2.47. The number of rotatable bonds is 11. The molecular formula is C30H35ClF4N6O. The van der Waals surface area contributed by atoms with Gasteiger partial charge in [0.1, 0.15) is 5.82 Å². The topological polar surface area (TPSA) is 63.7 Å². The summed E-state index contributed by atoms with van der Waals surface area (Å²) < 4.78 is 52.9. The van der Waals surface area contributed by atoms with E-state index >= 15 is 4.39 Å². The van der Waals surface area contributed by atoms with Crippen molar-refractivity contribution in [3.8, 4) is 0 Å². The Kier molecular flexibility index (Phi) is 10.8. The van der Waals surface area contributed by atoms with Crippen LogP contribution in [0.15, 0.2) is 60.9 Å². The van der Waals surface area contributed by atoms with Crippen molar-refractivity contribution in [3.63, 3.8) is 0 Å². The van der Waals surface area contributed by atoms with Crippen molar-refractivity contribution >= 4 is 28.9 Å². The number of halogens is 5.